The fraction of sp³-hybridized carbons (Fsp3) is 0.895. The third kappa shape index (κ3) is 10.7. The molecule has 4 aliphatic heterocycles. The minimum absolute atomic E-state index is 0.0946. The summed E-state index contributed by atoms with van der Waals surface area (Å²) in [5.74, 6) is -1.63. The standard InChI is InChI=1S/C57H92O18/c1-29(2)30(3)20-44(61)72-43-26-42-53(9)16-15-39(23-38(53)14-17-56(42,63)57(64)19-18-54(10,35(8)60)55(43,57)11)71-47-24-40(65-12)52(33(6)69-47)75-48-25-41(66-13)51(34(7)70-48)74-46-22-37(28-59)50(32(5)68-46)73-45-21-36(27-58)49(62)31(4)67-45/h14,20,29,31-34,36-37,39-43,45-52,58-59,62-64H,15-19,21-28H2,1-13H3/b30-20+/t31?,32?,33?,34?,36?,37?,39?,40?,41?,42?,43-,45?,46?,47?,48?,49?,50?,51?,52?,53+,54+,55-,56+,57-/m1/s1. The zero-order chi connectivity index (χ0) is 54.7. The number of hydrogen-bond donors (Lipinski definition) is 5. The van der Waals surface area contributed by atoms with Gasteiger partial charge < -0.3 is 77.6 Å². The zero-order valence-corrected chi connectivity index (χ0v) is 46.9. The minimum Gasteiger partial charge on any atom is -0.458 e. The summed E-state index contributed by atoms with van der Waals surface area (Å²) in [5, 5.41) is 56.9. The number of carbonyl (C=O) groups is 2. The summed E-state index contributed by atoms with van der Waals surface area (Å²) in [6.07, 6.45) is -0.630. The summed E-state index contributed by atoms with van der Waals surface area (Å²) in [4.78, 5) is 27.2. The smallest absolute Gasteiger partial charge is 0.330 e. The van der Waals surface area contributed by atoms with Crippen molar-refractivity contribution < 1.29 is 87.2 Å². The van der Waals surface area contributed by atoms with Crippen LogP contribution in [0.25, 0.3) is 0 Å². The number of fused-ring (bicyclic) bond motifs is 5. The van der Waals surface area contributed by atoms with Crippen LogP contribution in [0.5, 0.6) is 0 Å². The molecule has 8 rings (SSSR count). The van der Waals surface area contributed by atoms with Crippen molar-refractivity contribution in [2.24, 2.45) is 39.9 Å². The van der Waals surface area contributed by atoms with Crippen molar-refractivity contribution in [1.82, 2.24) is 0 Å². The molecular formula is C57H92O18. The van der Waals surface area contributed by atoms with Crippen molar-refractivity contribution in [3.05, 3.63) is 23.3 Å². The number of Topliss-reactive ketones (excluding diaryl/α,β-unsaturated/α-hetero) is 1. The Morgan fingerprint density at radius 1 is 0.720 bits per heavy atom. The van der Waals surface area contributed by atoms with Crippen LogP contribution < -0.4 is 0 Å². The second kappa shape index (κ2) is 22.9. The van der Waals surface area contributed by atoms with E-state index in [1.54, 1.807) is 28.1 Å². The molecule has 0 aromatic carbocycles. The summed E-state index contributed by atoms with van der Waals surface area (Å²) in [5.41, 5.74) is -4.08. The van der Waals surface area contributed by atoms with E-state index in [4.69, 9.17) is 52.1 Å². The van der Waals surface area contributed by atoms with Crippen molar-refractivity contribution in [1.29, 1.82) is 0 Å². The molecular weight excluding hydrogens is 973 g/mol. The van der Waals surface area contributed by atoms with Crippen molar-refractivity contribution in [3.63, 3.8) is 0 Å². The Morgan fingerprint density at radius 3 is 1.79 bits per heavy atom. The van der Waals surface area contributed by atoms with Crippen LogP contribution in [0.1, 0.15) is 147 Å². The molecule has 0 aromatic heterocycles. The first kappa shape index (κ1) is 59.1. The minimum atomic E-state index is -1.70. The number of aliphatic hydroxyl groups is 5. The molecule has 428 valence electrons. The van der Waals surface area contributed by atoms with Gasteiger partial charge in [0.1, 0.15) is 35.3 Å². The highest BCUT2D eigenvalue weighted by atomic mass is 16.8. The monoisotopic (exact) mass is 1060 g/mol. The van der Waals surface area contributed by atoms with E-state index in [9.17, 15) is 35.1 Å². The Labute approximate surface area is 444 Å². The van der Waals surface area contributed by atoms with Crippen LogP contribution in [-0.4, -0.2) is 174 Å². The van der Waals surface area contributed by atoms with Crippen LogP contribution >= 0.6 is 0 Å². The maximum Gasteiger partial charge on any atom is 0.330 e. The molecule has 4 aliphatic carbocycles. The lowest BCUT2D eigenvalue weighted by Crippen LogP contribution is -2.76. The summed E-state index contributed by atoms with van der Waals surface area (Å²) < 4.78 is 70.1. The van der Waals surface area contributed by atoms with Crippen molar-refractivity contribution in [3.8, 4) is 0 Å². The molecule has 5 N–H and O–H groups in total. The van der Waals surface area contributed by atoms with Crippen molar-refractivity contribution >= 4 is 11.8 Å². The number of carbonyl (C=O) groups excluding carboxylic acids is 2. The highest BCUT2D eigenvalue weighted by molar-refractivity contribution is 5.85. The number of ketones is 1. The fourth-order valence-corrected chi connectivity index (χ4v) is 15.1. The molecule has 18 heteroatoms. The first-order valence-electron chi connectivity index (χ1n) is 28.0. The number of methoxy groups -OCH3 is 2. The van der Waals surface area contributed by atoms with Gasteiger partial charge in [0.2, 0.25) is 0 Å². The van der Waals surface area contributed by atoms with Gasteiger partial charge in [-0.2, -0.15) is 0 Å². The van der Waals surface area contributed by atoms with Gasteiger partial charge >= 0.3 is 5.97 Å². The number of rotatable bonds is 16. The molecule has 75 heavy (non-hydrogen) atoms. The van der Waals surface area contributed by atoms with E-state index in [1.165, 1.54) is 6.08 Å². The van der Waals surface area contributed by atoms with E-state index in [0.717, 1.165) is 11.1 Å². The zero-order valence-electron chi connectivity index (χ0n) is 46.9. The predicted octanol–water partition coefficient (Wildman–Crippen LogP) is 5.59. The fourth-order valence-electron chi connectivity index (χ4n) is 15.1. The topological polar surface area (TPSA) is 237 Å². The van der Waals surface area contributed by atoms with Gasteiger partial charge in [0.15, 0.2) is 25.2 Å². The number of allylic oxidation sites excluding steroid dienone is 1. The second-order valence-corrected chi connectivity index (χ2v) is 24.7. The summed E-state index contributed by atoms with van der Waals surface area (Å²) in [7, 11) is 3.28. The molecule has 7 fully saturated rings. The first-order chi connectivity index (χ1) is 35.3. The van der Waals surface area contributed by atoms with E-state index in [0.29, 0.717) is 57.8 Å². The first-order valence-corrected chi connectivity index (χ1v) is 28.0. The molecule has 18 unspecified atom stereocenters. The molecule has 0 spiro atoms. The summed E-state index contributed by atoms with van der Waals surface area (Å²) in [6, 6.07) is 0. The molecule has 24 atom stereocenters. The Bertz CT molecular complexity index is 2070. The van der Waals surface area contributed by atoms with E-state index in [-0.39, 0.29) is 55.7 Å². The highest BCUT2D eigenvalue weighted by Gasteiger charge is 2.80. The number of ether oxygens (including phenoxy) is 11. The van der Waals surface area contributed by atoms with Crippen LogP contribution in [0.4, 0.5) is 0 Å². The largest absolute Gasteiger partial charge is 0.458 e. The van der Waals surface area contributed by atoms with Gasteiger partial charge in [-0.15, -0.1) is 0 Å². The second-order valence-electron chi connectivity index (χ2n) is 24.7. The molecule has 0 bridgehead atoms. The average Bonchev–Trinajstić information content (AvgIpc) is 3.59. The molecule has 8 aliphatic rings. The van der Waals surface area contributed by atoms with E-state index >= 15 is 0 Å². The van der Waals surface area contributed by atoms with Crippen molar-refractivity contribution in [2.45, 2.75) is 256 Å². The van der Waals surface area contributed by atoms with Gasteiger partial charge in [-0.3, -0.25) is 4.79 Å². The van der Waals surface area contributed by atoms with Gasteiger partial charge in [0.25, 0.3) is 0 Å². The molecule has 0 radical (unpaired) electrons. The maximum atomic E-state index is 13.6. The van der Waals surface area contributed by atoms with E-state index in [1.807, 2.05) is 55.4 Å². The Kier molecular flexibility index (Phi) is 18.0. The summed E-state index contributed by atoms with van der Waals surface area (Å²) >= 11 is 0. The highest BCUT2D eigenvalue weighted by Crippen LogP contribution is 2.73. The normalized spacial score (nSPS) is 49.3. The molecule has 0 amide bonds. The van der Waals surface area contributed by atoms with Gasteiger partial charge in [0.05, 0.1) is 54.9 Å². The van der Waals surface area contributed by atoms with Gasteiger partial charge in [0, 0.05) is 87.8 Å². The van der Waals surface area contributed by atoms with Gasteiger partial charge in [-0.25, -0.2) is 4.79 Å². The SMILES string of the molecule is COC1CC(OC2C(C)OC(OC3CC[C@@]4(C)C(=CC[C@]5(O)C4C[C@@H](OC(=O)/C=C(\C)C(C)C)[C@@]4(C)[C@]5(O)CC[C@@]4(C)C(C)=O)C3)CC2OC)OC(C)C1OC1CC(CO)C(OC2CC(CO)C(O)C(C)O2)C(C)O1. The van der Waals surface area contributed by atoms with E-state index < -0.39 is 132 Å². The van der Waals surface area contributed by atoms with Gasteiger partial charge in [-0.05, 0) is 97.8 Å². The number of aliphatic hydroxyl groups excluding tert-OH is 3. The number of hydrogen-bond acceptors (Lipinski definition) is 18. The Morgan fingerprint density at radius 2 is 1.24 bits per heavy atom. The summed E-state index contributed by atoms with van der Waals surface area (Å²) in [6.45, 7) is 20.4. The third-order valence-electron chi connectivity index (χ3n) is 20.5. The predicted molar refractivity (Wildman–Crippen MR) is 271 cm³/mol. The van der Waals surface area contributed by atoms with Crippen molar-refractivity contribution in [2.75, 3.05) is 27.4 Å². The van der Waals surface area contributed by atoms with Crippen LogP contribution in [0.3, 0.4) is 0 Å². The lowest BCUT2D eigenvalue weighted by molar-refractivity contribution is -0.344. The van der Waals surface area contributed by atoms with Gasteiger partial charge in [-0.1, -0.05) is 51.8 Å². The molecule has 4 heterocycles. The van der Waals surface area contributed by atoms with Crippen LogP contribution in [0.2, 0.25) is 0 Å². The molecule has 18 nitrogen and oxygen atoms in total. The molecule has 0 aromatic rings. The Balaban J connectivity index is 0.877. The average molecular weight is 1070 g/mol. The lowest BCUT2D eigenvalue weighted by atomic mass is 9.41. The van der Waals surface area contributed by atoms with Crippen LogP contribution in [0, 0.1) is 39.9 Å². The molecule has 3 saturated carbocycles. The quantitative estimate of drug-likeness (QED) is 0.0720. The third-order valence-corrected chi connectivity index (χ3v) is 20.5. The Hall–Kier alpha value is -1.98. The number of esters is 1. The van der Waals surface area contributed by atoms with Crippen LogP contribution in [-0.2, 0) is 61.7 Å². The van der Waals surface area contributed by atoms with E-state index in [2.05, 4.69) is 13.0 Å². The molecule has 4 saturated heterocycles. The van der Waals surface area contributed by atoms with Crippen LogP contribution in [0.15, 0.2) is 23.3 Å². The maximum absolute atomic E-state index is 13.6. The lowest BCUT2D eigenvalue weighted by Gasteiger charge is -2.67.